The first-order valence-electron chi connectivity index (χ1n) is 10.5. The van der Waals surface area contributed by atoms with E-state index < -0.39 is 30.6 Å². The van der Waals surface area contributed by atoms with Gasteiger partial charge in [-0.1, -0.05) is 30.3 Å². The van der Waals surface area contributed by atoms with Crippen molar-refractivity contribution in [3.63, 3.8) is 0 Å². The Morgan fingerprint density at radius 3 is 2.75 bits per heavy atom. The molecule has 1 aliphatic heterocycles. The minimum Gasteiger partial charge on any atom is -0.480 e. The molecule has 32 heavy (non-hydrogen) atoms. The molecule has 3 unspecified atom stereocenters. The third-order valence-corrected chi connectivity index (χ3v) is 7.07. The van der Waals surface area contributed by atoms with E-state index in [4.69, 9.17) is 4.74 Å². The molecule has 3 rings (SSSR count). The van der Waals surface area contributed by atoms with Gasteiger partial charge in [-0.25, -0.2) is 4.98 Å². The Balaban J connectivity index is 1.78. The molecular formula is C22H27N3O5S2. The molecule has 0 radical (unpaired) electrons. The van der Waals surface area contributed by atoms with E-state index in [1.807, 2.05) is 35.7 Å². The maximum atomic E-state index is 13.4. The van der Waals surface area contributed by atoms with Gasteiger partial charge in [0.2, 0.25) is 5.91 Å². The quantitative estimate of drug-likeness (QED) is 0.502. The van der Waals surface area contributed by atoms with E-state index in [0.29, 0.717) is 24.3 Å². The monoisotopic (exact) mass is 477 g/mol. The second kappa shape index (κ2) is 12.0. The Bertz CT molecular complexity index is 894. The summed E-state index contributed by atoms with van der Waals surface area (Å²) in [7, 11) is 0. The molecule has 8 nitrogen and oxygen atoms in total. The van der Waals surface area contributed by atoms with Crippen LogP contribution in [0.15, 0.2) is 41.9 Å². The highest BCUT2D eigenvalue weighted by molar-refractivity contribution is 7.99. The lowest BCUT2D eigenvalue weighted by Gasteiger charge is -2.31. The molecule has 1 aromatic carbocycles. The van der Waals surface area contributed by atoms with Crippen LogP contribution in [0.2, 0.25) is 0 Å². The second-order valence-electron chi connectivity index (χ2n) is 7.31. The molecule has 1 amide bonds. The zero-order valence-electron chi connectivity index (χ0n) is 17.8. The number of esters is 1. The van der Waals surface area contributed by atoms with Gasteiger partial charge in [0.1, 0.15) is 12.6 Å². The average molecular weight is 478 g/mol. The van der Waals surface area contributed by atoms with Crippen LogP contribution in [0.1, 0.15) is 30.0 Å². The Morgan fingerprint density at radius 2 is 2.09 bits per heavy atom. The van der Waals surface area contributed by atoms with E-state index in [1.165, 1.54) is 16.2 Å². The van der Waals surface area contributed by atoms with Crippen molar-refractivity contribution >= 4 is 40.9 Å². The summed E-state index contributed by atoms with van der Waals surface area (Å²) < 4.78 is 5.22. The molecule has 2 N–H and O–H groups in total. The lowest BCUT2D eigenvalue weighted by molar-refractivity contribution is -0.149. The van der Waals surface area contributed by atoms with Crippen molar-refractivity contribution in [3.8, 4) is 0 Å². The van der Waals surface area contributed by atoms with Crippen molar-refractivity contribution in [2.24, 2.45) is 0 Å². The van der Waals surface area contributed by atoms with Crippen molar-refractivity contribution < 1.29 is 24.2 Å². The summed E-state index contributed by atoms with van der Waals surface area (Å²) in [5.74, 6) is -0.809. The molecule has 10 heteroatoms. The number of carbonyl (C=O) groups excluding carboxylic acids is 2. The molecule has 0 saturated carbocycles. The SMILES string of the molecule is CCOC(=O)C(CCc1nccs1)NC1CSCC(c2ccccc2)N(CC(=O)O)C1=O. The Kier molecular flexibility index (Phi) is 9.07. The summed E-state index contributed by atoms with van der Waals surface area (Å²) in [4.78, 5) is 43.2. The van der Waals surface area contributed by atoms with Gasteiger partial charge in [0.15, 0.2) is 0 Å². The first kappa shape index (κ1) is 24.2. The fraction of sp³-hybridized carbons (Fsp3) is 0.455. The topological polar surface area (TPSA) is 109 Å². The summed E-state index contributed by atoms with van der Waals surface area (Å²) in [5.41, 5.74) is 0.890. The highest BCUT2D eigenvalue weighted by atomic mass is 32.2. The number of carboxylic acid groups (broad SMARTS) is 1. The molecular weight excluding hydrogens is 450 g/mol. The van der Waals surface area contributed by atoms with Gasteiger partial charge in [-0.2, -0.15) is 11.8 Å². The summed E-state index contributed by atoms with van der Waals surface area (Å²) in [6.07, 6.45) is 2.72. The smallest absolute Gasteiger partial charge is 0.323 e. The van der Waals surface area contributed by atoms with Crippen LogP contribution in [-0.2, 0) is 25.5 Å². The standard InChI is InChI=1S/C22H27N3O5S2/c1-2-30-22(29)16(8-9-19-23-10-11-32-19)24-17-13-31-14-18(15-6-4-3-5-7-15)25(21(17)28)12-20(26)27/h3-7,10-11,16-18,24H,2,8-9,12-14H2,1H3,(H,26,27). The third-order valence-electron chi connectivity index (χ3n) is 5.11. The van der Waals surface area contributed by atoms with Crippen LogP contribution in [0.25, 0.3) is 0 Å². The number of carbonyl (C=O) groups is 3. The van der Waals surface area contributed by atoms with Gasteiger partial charge in [-0.15, -0.1) is 11.3 Å². The highest BCUT2D eigenvalue weighted by Crippen LogP contribution is 2.29. The normalized spacial score (nSPS) is 19.9. The van der Waals surface area contributed by atoms with Gasteiger partial charge in [0, 0.05) is 29.5 Å². The van der Waals surface area contributed by atoms with E-state index in [1.54, 1.807) is 24.9 Å². The molecule has 1 saturated heterocycles. The van der Waals surface area contributed by atoms with Crippen molar-refractivity contribution in [1.82, 2.24) is 15.2 Å². The molecule has 2 heterocycles. The van der Waals surface area contributed by atoms with E-state index in [2.05, 4.69) is 10.3 Å². The van der Waals surface area contributed by atoms with Gasteiger partial charge in [-0.05, 0) is 18.9 Å². The number of aryl methyl sites for hydroxylation is 1. The van der Waals surface area contributed by atoms with Crippen LogP contribution in [0, 0.1) is 0 Å². The first-order chi connectivity index (χ1) is 15.5. The molecule has 172 valence electrons. The Hall–Kier alpha value is -2.43. The van der Waals surface area contributed by atoms with Gasteiger partial charge < -0.3 is 14.7 Å². The van der Waals surface area contributed by atoms with Crippen LogP contribution < -0.4 is 5.32 Å². The minimum atomic E-state index is -1.07. The number of ether oxygens (including phenoxy) is 1. The van der Waals surface area contributed by atoms with Crippen LogP contribution in [0.4, 0.5) is 0 Å². The summed E-state index contributed by atoms with van der Waals surface area (Å²) in [6.45, 7) is 1.57. The molecule has 0 spiro atoms. The number of hydrogen-bond donors (Lipinski definition) is 2. The molecule has 0 aliphatic carbocycles. The zero-order valence-corrected chi connectivity index (χ0v) is 19.4. The number of nitrogens with one attached hydrogen (secondary N) is 1. The number of thiazole rings is 1. The van der Waals surface area contributed by atoms with E-state index in [-0.39, 0.29) is 18.6 Å². The van der Waals surface area contributed by atoms with E-state index in [9.17, 15) is 19.5 Å². The number of aromatic nitrogens is 1. The number of amides is 1. The van der Waals surface area contributed by atoms with E-state index in [0.717, 1.165) is 10.6 Å². The summed E-state index contributed by atoms with van der Waals surface area (Å²) in [6, 6.07) is 7.69. The van der Waals surface area contributed by atoms with Crippen LogP contribution in [0.3, 0.4) is 0 Å². The van der Waals surface area contributed by atoms with Gasteiger partial charge in [0.25, 0.3) is 0 Å². The molecule has 1 aromatic heterocycles. The number of benzene rings is 1. The fourth-order valence-electron chi connectivity index (χ4n) is 3.62. The Labute approximate surface area is 195 Å². The van der Waals surface area contributed by atoms with Crippen LogP contribution in [0.5, 0.6) is 0 Å². The maximum absolute atomic E-state index is 13.4. The lowest BCUT2D eigenvalue weighted by Crippen LogP contribution is -2.54. The number of carboxylic acids is 1. The number of rotatable bonds is 10. The second-order valence-corrected chi connectivity index (χ2v) is 9.37. The van der Waals surface area contributed by atoms with Crippen LogP contribution in [-0.4, -0.2) is 69.6 Å². The Morgan fingerprint density at radius 1 is 1.31 bits per heavy atom. The molecule has 0 bridgehead atoms. The average Bonchev–Trinajstić information content (AvgIpc) is 3.25. The number of thioether (sulfide) groups is 1. The molecule has 1 fully saturated rings. The van der Waals surface area contributed by atoms with Gasteiger partial charge in [0.05, 0.1) is 23.7 Å². The largest absolute Gasteiger partial charge is 0.480 e. The molecule has 1 aliphatic rings. The predicted molar refractivity (Wildman–Crippen MR) is 124 cm³/mol. The van der Waals surface area contributed by atoms with Crippen LogP contribution >= 0.6 is 23.1 Å². The number of hydrogen-bond acceptors (Lipinski definition) is 8. The lowest BCUT2D eigenvalue weighted by atomic mass is 10.1. The number of nitrogens with zero attached hydrogens (tertiary/aromatic N) is 2. The first-order valence-corrected chi connectivity index (χ1v) is 12.5. The maximum Gasteiger partial charge on any atom is 0.323 e. The van der Waals surface area contributed by atoms with Crippen molar-refractivity contribution in [2.45, 2.75) is 37.9 Å². The number of aliphatic carboxylic acids is 1. The van der Waals surface area contributed by atoms with E-state index >= 15 is 0 Å². The predicted octanol–water partition coefficient (Wildman–Crippen LogP) is 2.37. The summed E-state index contributed by atoms with van der Waals surface area (Å²) in [5, 5.41) is 15.4. The summed E-state index contributed by atoms with van der Waals surface area (Å²) >= 11 is 3.07. The van der Waals surface area contributed by atoms with Gasteiger partial charge in [-0.3, -0.25) is 19.7 Å². The molecule has 3 atom stereocenters. The van der Waals surface area contributed by atoms with Crippen molar-refractivity contribution in [3.05, 3.63) is 52.5 Å². The zero-order chi connectivity index (χ0) is 22.9. The highest BCUT2D eigenvalue weighted by Gasteiger charge is 2.37. The minimum absolute atomic E-state index is 0.239. The third kappa shape index (κ3) is 6.54. The fourth-order valence-corrected chi connectivity index (χ4v) is 5.46. The van der Waals surface area contributed by atoms with Crippen molar-refractivity contribution in [1.29, 1.82) is 0 Å². The molecule has 2 aromatic rings. The van der Waals surface area contributed by atoms with Gasteiger partial charge >= 0.3 is 11.9 Å². The van der Waals surface area contributed by atoms with Crippen molar-refractivity contribution in [2.75, 3.05) is 24.7 Å².